The lowest BCUT2D eigenvalue weighted by molar-refractivity contribution is -0.130. The van der Waals surface area contributed by atoms with Crippen LogP contribution < -0.4 is 14.8 Å². The molecule has 1 aromatic carbocycles. The van der Waals surface area contributed by atoms with Gasteiger partial charge in [-0.25, -0.2) is 0 Å². The van der Waals surface area contributed by atoms with Crippen LogP contribution in [0.25, 0.3) is 0 Å². The Bertz CT molecular complexity index is 658. The summed E-state index contributed by atoms with van der Waals surface area (Å²) in [6.07, 6.45) is -0.616. The van der Waals surface area contributed by atoms with Gasteiger partial charge in [0.2, 0.25) is 6.10 Å². The minimum absolute atomic E-state index is 0.141. The summed E-state index contributed by atoms with van der Waals surface area (Å²) in [5.41, 5.74) is 1.20. The highest BCUT2D eigenvalue weighted by Crippen LogP contribution is 2.30. The van der Waals surface area contributed by atoms with Gasteiger partial charge in [-0.05, 0) is 48.6 Å². The Balaban J connectivity index is 1.59. The van der Waals surface area contributed by atoms with Crippen LogP contribution >= 0.6 is 11.3 Å². The van der Waals surface area contributed by atoms with Crippen molar-refractivity contribution in [1.29, 1.82) is 0 Å². The van der Waals surface area contributed by atoms with Crippen LogP contribution in [0.4, 0.5) is 0 Å². The lowest BCUT2D eigenvalue weighted by Gasteiger charge is -2.28. The number of thiophene rings is 1. The molecule has 0 unspecified atom stereocenters. The van der Waals surface area contributed by atoms with Gasteiger partial charge < -0.3 is 19.7 Å². The van der Waals surface area contributed by atoms with Crippen LogP contribution in [0.15, 0.2) is 41.1 Å². The zero-order valence-electron chi connectivity index (χ0n) is 13.2. The standard InChI is InChI=1S/C17H20N2O3S/c1-19(2)13(12-7-8-23-11-12)9-18-17(20)16-10-21-14-5-3-4-6-15(14)22-16/h3-8,11,13,16H,9-10H2,1-2H3,(H,18,20)/t13-,16+/m1/s1. The Morgan fingerprint density at radius 3 is 2.83 bits per heavy atom. The fourth-order valence-corrected chi connectivity index (χ4v) is 3.23. The second-order valence-corrected chi connectivity index (χ2v) is 6.43. The predicted molar refractivity (Wildman–Crippen MR) is 90.1 cm³/mol. The van der Waals surface area contributed by atoms with Gasteiger partial charge in [-0.3, -0.25) is 4.79 Å². The van der Waals surface area contributed by atoms with Gasteiger partial charge in [0.1, 0.15) is 6.61 Å². The number of likely N-dealkylation sites (N-methyl/N-ethyl adjacent to an activating group) is 1. The molecule has 0 fully saturated rings. The van der Waals surface area contributed by atoms with Crippen molar-refractivity contribution in [1.82, 2.24) is 10.2 Å². The van der Waals surface area contributed by atoms with Gasteiger partial charge in [-0.15, -0.1) is 0 Å². The Morgan fingerprint density at radius 2 is 2.13 bits per heavy atom. The molecule has 1 aliphatic rings. The highest BCUT2D eigenvalue weighted by Gasteiger charge is 2.28. The minimum atomic E-state index is -0.616. The molecule has 1 amide bonds. The van der Waals surface area contributed by atoms with Gasteiger partial charge >= 0.3 is 0 Å². The maximum atomic E-state index is 12.4. The number of para-hydroxylation sites is 2. The van der Waals surface area contributed by atoms with Crippen molar-refractivity contribution in [3.63, 3.8) is 0 Å². The highest BCUT2D eigenvalue weighted by molar-refractivity contribution is 7.07. The molecule has 2 heterocycles. The predicted octanol–water partition coefficient (Wildman–Crippen LogP) is 2.31. The van der Waals surface area contributed by atoms with E-state index in [-0.39, 0.29) is 18.6 Å². The van der Waals surface area contributed by atoms with Crippen molar-refractivity contribution in [3.05, 3.63) is 46.7 Å². The van der Waals surface area contributed by atoms with Gasteiger partial charge in [0.05, 0.1) is 6.04 Å². The number of carbonyl (C=O) groups excluding carboxylic acids is 1. The van der Waals surface area contributed by atoms with E-state index in [1.54, 1.807) is 11.3 Å². The van der Waals surface area contributed by atoms with E-state index in [0.29, 0.717) is 18.0 Å². The Labute approximate surface area is 139 Å². The Hall–Kier alpha value is -2.05. The van der Waals surface area contributed by atoms with Crippen LogP contribution in [0.5, 0.6) is 11.5 Å². The van der Waals surface area contributed by atoms with Crippen LogP contribution in [-0.2, 0) is 4.79 Å². The van der Waals surface area contributed by atoms with E-state index in [4.69, 9.17) is 9.47 Å². The summed E-state index contributed by atoms with van der Waals surface area (Å²) in [6.45, 7) is 0.762. The molecule has 2 atom stereocenters. The first-order valence-electron chi connectivity index (χ1n) is 7.50. The fraction of sp³-hybridized carbons (Fsp3) is 0.353. The first kappa shape index (κ1) is 15.8. The molecule has 1 N–H and O–H groups in total. The molecule has 0 radical (unpaired) electrons. The number of carbonyl (C=O) groups is 1. The Morgan fingerprint density at radius 1 is 1.35 bits per heavy atom. The monoisotopic (exact) mass is 332 g/mol. The zero-order valence-corrected chi connectivity index (χ0v) is 14.0. The average Bonchev–Trinajstić information content (AvgIpc) is 3.08. The fourth-order valence-electron chi connectivity index (χ4n) is 2.52. The van der Waals surface area contributed by atoms with Crippen molar-refractivity contribution < 1.29 is 14.3 Å². The van der Waals surface area contributed by atoms with E-state index < -0.39 is 6.10 Å². The molecular weight excluding hydrogens is 312 g/mol. The number of ether oxygens (including phenoxy) is 2. The molecule has 5 nitrogen and oxygen atoms in total. The van der Waals surface area contributed by atoms with Crippen molar-refractivity contribution in [2.45, 2.75) is 12.1 Å². The summed E-state index contributed by atoms with van der Waals surface area (Å²) in [7, 11) is 4.01. The van der Waals surface area contributed by atoms with E-state index in [2.05, 4.69) is 21.7 Å². The summed E-state index contributed by atoms with van der Waals surface area (Å²) >= 11 is 1.66. The molecule has 0 saturated carbocycles. The van der Waals surface area contributed by atoms with E-state index in [1.165, 1.54) is 5.56 Å². The van der Waals surface area contributed by atoms with E-state index in [9.17, 15) is 4.79 Å². The third-order valence-corrected chi connectivity index (χ3v) is 4.52. The molecule has 0 bridgehead atoms. The van der Waals surface area contributed by atoms with Crippen molar-refractivity contribution in [3.8, 4) is 11.5 Å². The number of nitrogens with zero attached hydrogens (tertiary/aromatic N) is 1. The maximum Gasteiger partial charge on any atom is 0.264 e. The average molecular weight is 332 g/mol. The summed E-state index contributed by atoms with van der Waals surface area (Å²) < 4.78 is 11.3. The summed E-state index contributed by atoms with van der Waals surface area (Å²) in [5.74, 6) is 1.14. The van der Waals surface area contributed by atoms with Crippen LogP contribution in [0.3, 0.4) is 0 Å². The normalized spacial score (nSPS) is 17.8. The number of benzene rings is 1. The molecule has 1 aromatic heterocycles. The number of rotatable bonds is 5. The number of fused-ring (bicyclic) bond motifs is 1. The third kappa shape index (κ3) is 3.65. The summed E-state index contributed by atoms with van der Waals surface area (Å²) in [6, 6.07) is 9.61. The van der Waals surface area contributed by atoms with Gasteiger partial charge in [0.25, 0.3) is 5.91 Å². The third-order valence-electron chi connectivity index (χ3n) is 3.82. The summed E-state index contributed by atoms with van der Waals surface area (Å²) in [5, 5.41) is 7.12. The van der Waals surface area contributed by atoms with Crippen molar-refractivity contribution in [2.75, 3.05) is 27.2 Å². The van der Waals surface area contributed by atoms with Crippen LogP contribution in [0, 0.1) is 0 Å². The van der Waals surface area contributed by atoms with Crippen LogP contribution in [0.2, 0.25) is 0 Å². The molecule has 23 heavy (non-hydrogen) atoms. The lowest BCUT2D eigenvalue weighted by Crippen LogP contribution is -2.46. The van der Waals surface area contributed by atoms with Gasteiger partial charge in [-0.1, -0.05) is 12.1 Å². The molecule has 122 valence electrons. The molecular formula is C17H20N2O3S. The number of hydrogen-bond acceptors (Lipinski definition) is 5. The maximum absolute atomic E-state index is 12.4. The molecule has 2 aromatic rings. The van der Waals surface area contributed by atoms with Gasteiger partial charge in [0, 0.05) is 6.54 Å². The minimum Gasteiger partial charge on any atom is -0.485 e. The molecule has 0 spiro atoms. The molecule has 6 heteroatoms. The van der Waals surface area contributed by atoms with E-state index in [1.807, 2.05) is 43.7 Å². The molecule has 1 aliphatic heterocycles. The molecule has 0 aliphatic carbocycles. The molecule has 3 rings (SSSR count). The Kier molecular flexibility index (Phi) is 4.83. The zero-order chi connectivity index (χ0) is 16.2. The van der Waals surface area contributed by atoms with Crippen molar-refractivity contribution in [2.24, 2.45) is 0 Å². The highest BCUT2D eigenvalue weighted by atomic mass is 32.1. The van der Waals surface area contributed by atoms with E-state index >= 15 is 0 Å². The lowest BCUT2D eigenvalue weighted by atomic mass is 10.1. The number of nitrogens with one attached hydrogen (secondary N) is 1. The molecule has 0 saturated heterocycles. The van der Waals surface area contributed by atoms with Gasteiger partial charge in [-0.2, -0.15) is 11.3 Å². The smallest absolute Gasteiger partial charge is 0.264 e. The second kappa shape index (κ2) is 7.02. The topological polar surface area (TPSA) is 50.8 Å². The van der Waals surface area contributed by atoms with E-state index in [0.717, 1.165) is 0 Å². The first-order valence-corrected chi connectivity index (χ1v) is 8.44. The van der Waals surface area contributed by atoms with Crippen LogP contribution in [0.1, 0.15) is 11.6 Å². The number of amides is 1. The summed E-state index contributed by atoms with van der Waals surface area (Å²) in [4.78, 5) is 14.5. The SMILES string of the molecule is CN(C)[C@H](CNC(=O)[C@@H]1COc2ccccc2O1)c1ccsc1. The van der Waals surface area contributed by atoms with Crippen molar-refractivity contribution >= 4 is 17.2 Å². The second-order valence-electron chi connectivity index (χ2n) is 5.65. The van der Waals surface area contributed by atoms with Crippen LogP contribution in [-0.4, -0.2) is 44.2 Å². The van der Waals surface area contributed by atoms with Gasteiger partial charge in [0.15, 0.2) is 11.5 Å². The largest absolute Gasteiger partial charge is 0.485 e. The number of hydrogen-bond donors (Lipinski definition) is 1. The quantitative estimate of drug-likeness (QED) is 0.913. The first-order chi connectivity index (χ1) is 11.1.